The highest BCUT2D eigenvalue weighted by Crippen LogP contribution is 2.40. The van der Waals surface area contributed by atoms with Crippen LogP contribution in [0.3, 0.4) is 0 Å². The van der Waals surface area contributed by atoms with E-state index in [2.05, 4.69) is 4.98 Å². The third-order valence-corrected chi connectivity index (χ3v) is 4.25. The Balaban J connectivity index is 0.000000465. The predicted molar refractivity (Wildman–Crippen MR) is 100 cm³/mol. The van der Waals surface area contributed by atoms with Gasteiger partial charge in [0, 0.05) is 23.0 Å². The molecule has 2 N–H and O–H groups in total. The summed E-state index contributed by atoms with van der Waals surface area (Å²) in [7, 11) is -3.67. The van der Waals surface area contributed by atoms with Crippen molar-refractivity contribution in [1.29, 1.82) is 0 Å². The minimum atomic E-state index is -3.67. The number of aliphatic hydroxyl groups excluding tert-OH is 1. The topological polar surface area (TPSA) is 111 Å². The second-order valence-electron chi connectivity index (χ2n) is 5.95. The van der Waals surface area contributed by atoms with Crippen LogP contribution in [0.1, 0.15) is 11.4 Å². The lowest BCUT2D eigenvalue weighted by atomic mass is 10.1. The van der Waals surface area contributed by atoms with Gasteiger partial charge in [0.2, 0.25) is 5.79 Å². The quantitative estimate of drug-likeness (QED) is 0.703. The van der Waals surface area contributed by atoms with Gasteiger partial charge in [-0.3, -0.25) is 4.55 Å². The number of imidazole rings is 1. The smallest absolute Gasteiger partial charge is 0.261 e. The van der Waals surface area contributed by atoms with Crippen LogP contribution in [0, 0.1) is 6.92 Å². The van der Waals surface area contributed by atoms with Crippen molar-refractivity contribution in [3.8, 4) is 0 Å². The van der Waals surface area contributed by atoms with Gasteiger partial charge in [-0.05, 0) is 19.1 Å². The maximum absolute atomic E-state index is 9.36. The molecular formula is C16H20Cl2N2O6S. The third-order valence-electron chi connectivity index (χ3n) is 3.71. The second kappa shape index (κ2) is 8.87. The van der Waals surface area contributed by atoms with Gasteiger partial charge in [0.05, 0.1) is 31.0 Å². The molecule has 8 nitrogen and oxygen atoms in total. The summed E-state index contributed by atoms with van der Waals surface area (Å²) in [6, 6.07) is 5.18. The molecule has 0 unspecified atom stereocenters. The maximum Gasteiger partial charge on any atom is 0.261 e. The van der Waals surface area contributed by atoms with Crippen molar-refractivity contribution in [3.63, 3.8) is 0 Å². The highest BCUT2D eigenvalue weighted by atomic mass is 35.5. The van der Waals surface area contributed by atoms with Crippen molar-refractivity contribution >= 4 is 33.3 Å². The van der Waals surface area contributed by atoms with Gasteiger partial charge in [0.1, 0.15) is 11.9 Å². The number of aliphatic hydroxyl groups is 1. The fraction of sp³-hybridized carbons (Fsp3) is 0.438. The number of hydrogen-bond acceptors (Lipinski definition) is 6. The molecule has 2 aromatic rings. The molecular weight excluding hydrogens is 419 g/mol. The molecule has 11 heteroatoms. The van der Waals surface area contributed by atoms with Crippen LogP contribution in [0.2, 0.25) is 10.0 Å². The first-order chi connectivity index (χ1) is 12.5. The van der Waals surface area contributed by atoms with Gasteiger partial charge in [-0.1, -0.05) is 29.3 Å². The summed E-state index contributed by atoms with van der Waals surface area (Å²) in [6.45, 7) is 2.46. The lowest BCUT2D eigenvalue weighted by Crippen LogP contribution is -2.34. The van der Waals surface area contributed by atoms with Crippen molar-refractivity contribution < 1.29 is 27.6 Å². The zero-order chi connectivity index (χ0) is 20.2. The van der Waals surface area contributed by atoms with Gasteiger partial charge in [-0.15, -0.1) is 0 Å². The number of halogens is 2. The molecule has 1 fully saturated rings. The van der Waals surface area contributed by atoms with Crippen LogP contribution in [-0.2, 0) is 31.9 Å². The van der Waals surface area contributed by atoms with E-state index in [1.54, 1.807) is 24.4 Å². The molecule has 3 rings (SSSR count). The molecule has 2 heterocycles. The van der Waals surface area contributed by atoms with Crippen molar-refractivity contribution in [2.24, 2.45) is 0 Å². The van der Waals surface area contributed by atoms with Crippen LogP contribution >= 0.6 is 23.2 Å². The van der Waals surface area contributed by atoms with Crippen molar-refractivity contribution in [2.45, 2.75) is 25.4 Å². The van der Waals surface area contributed by atoms with E-state index >= 15 is 0 Å². The SMILES string of the molecule is CS(=O)(=O)O.Cc1nccn1C[C@@]1(c2ccc(Cl)cc2Cl)OC[C@@H](CO)O1. The Hall–Kier alpha value is -1.20. The predicted octanol–water partition coefficient (Wildman–Crippen LogP) is 2.26. The Bertz CT molecular complexity index is 881. The van der Waals surface area contributed by atoms with E-state index in [-0.39, 0.29) is 6.61 Å². The Labute approximate surface area is 167 Å². The van der Waals surface area contributed by atoms with E-state index in [0.29, 0.717) is 35.0 Å². The molecule has 1 aliphatic heterocycles. The number of aromatic nitrogens is 2. The third kappa shape index (κ3) is 6.15. The van der Waals surface area contributed by atoms with Crippen molar-refractivity contribution in [3.05, 3.63) is 52.0 Å². The average molecular weight is 439 g/mol. The molecule has 2 atom stereocenters. The summed E-state index contributed by atoms with van der Waals surface area (Å²) in [5.41, 5.74) is 0.683. The van der Waals surface area contributed by atoms with E-state index in [4.69, 9.17) is 37.2 Å². The normalized spacial score (nSPS) is 22.4. The van der Waals surface area contributed by atoms with Crippen LogP contribution in [0.25, 0.3) is 0 Å². The van der Waals surface area contributed by atoms with Crippen molar-refractivity contribution in [1.82, 2.24) is 9.55 Å². The first-order valence-corrected chi connectivity index (χ1v) is 10.4. The minimum Gasteiger partial charge on any atom is -0.394 e. The summed E-state index contributed by atoms with van der Waals surface area (Å²) in [4.78, 5) is 4.21. The van der Waals surface area contributed by atoms with Crippen molar-refractivity contribution in [2.75, 3.05) is 19.5 Å². The molecule has 1 aromatic heterocycles. The highest BCUT2D eigenvalue weighted by molar-refractivity contribution is 7.85. The monoisotopic (exact) mass is 438 g/mol. The molecule has 0 bridgehead atoms. The van der Waals surface area contributed by atoms with Crippen LogP contribution in [-0.4, -0.2) is 53.2 Å². The average Bonchev–Trinajstić information content (AvgIpc) is 3.13. The highest BCUT2D eigenvalue weighted by Gasteiger charge is 2.45. The summed E-state index contributed by atoms with van der Waals surface area (Å²) in [5.74, 6) is -0.232. The van der Waals surface area contributed by atoms with Gasteiger partial charge >= 0.3 is 0 Å². The largest absolute Gasteiger partial charge is 0.394 e. The Morgan fingerprint density at radius 1 is 1.41 bits per heavy atom. The molecule has 0 spiro atoms. The van der Waals surface area contributed by atoms with Crippen LogP contribution in [0.15, 0.2) is 30.6 Å². The summed E-state index contributed by atoms with van der Waals surface area (Å²) >= 11 is 12.3. The van der Waals surface area contributed by atoms with Gasteiger partial charge in [0.15, 0.2) is 0 Å². The summed E-state index contributed by atoms with van der Waals surface area (Å²) < 4.78 is 39.7. The standard InChI is InChI=1S/C15H16Cl2N2O3.CH4O3S/c1-10-18-4-5-19(10)9-15(21-8-12(7-20)22-15)13-3-2-11(16)6-14(13)17;1-5(2,3)4/h2-6,12,20H,7-9H2,1H3;1H3,(H,2,3,4)/t12-,15-;/m1./s1. The number of aryl methyl sites for hydroxylation is 1. The van der Waals surface area contributed by atoms with Gasteiger partial charge in [-0.25, -0.2) is 4.98 Å². The summed E-state index contributed by atoms with van der Waals surface area (Å²) in [5, 5.41) is 10.4. The molecule has 0 radical (unpaired) electrons. The molecule has 0 amide bonds. The Morgan fingerprint density at radius 2 is 2.07 bits per heavy atom. The van der Waals surface area contributed by atoms with E-state index in [1.807, 2.05) is 17.7 Å². The minimum absolute atomic E-state index is 0.115. The number of nitrogens with zero attached hydrogens (tertiary/aromatic N) is 2. The molecule has 1 saturated heterocycles. The number of hydrogen-bond donors (Lipinski definition) is 2. The zero-order valence-corrected chi connectivity index (χ0v) is 17.0. The van der Waals surface area contributed by atoms with E-state index in [9.17, 15) is 13.5 Å². The summed E-state index contributed by atoms with van der Waals surface area (Å²) in [6.07, 6.45) is 3.88. The first kappa shape index (κ1) is 22.1. The maximum atomic E-state index is 9.36. The number of benzene rings is 1. The Morgan fingerprint density at radius 3 is 2.56 bits per heavy atom. The van der Waals surface area contributed by atoms with E-state index < -0.39 is 22.0 Å². The van der Waals surface area contributed by atoms with Crippen LogP contribution in [0.5, 0.6) is 0 Å². The second-order valence-corrected chi connectivity index (χ2v) is 8.26. The number of ether oxygens (including phenoxy) is 2. The molecule has 0 saturated carbocycles. The molecule has 27 heavy (non-hydrogen) atoms. The molecule has 1 aromatic carbocycles. The fourth-order valence-corrected chi connectivity index (χ4v) is 3.11. The molecule has 150 valence electrons. The lowest BCUT2D eigenvalue weighted by Gasteiger charge is -2.30. The van der Waals surface area contributed by atoms with Gasteiger partial charge in [0.25, 0.3) is 10.1 Å². The van der Waals surface area contributed by atoms with Crippen LogP contribution in [0.4, 0.5) is 0 Å². The zero-order valence-electron chi connectivity index (χ0n) is 14.7. The number of rotatable bonds is 4. The fourth-order valence-electron chi connectivity index (χ4n) is 2.56. The molecule has 0 aliphatic carbocycles. The van der Waals surface area contributed by atoms with E-state index in [1.165, 1.54) is 0 Å². The van der Waals surface area contributed by atoms with Gasteiger partial charge < -0.3 is 19.1 Å². The van der Waals surface area contributed by atoms with Crippen LogP contribution < -0.4 is 0 Å². The van der Waals surface area contributed by atoms with Gasteiger partial charge in [-0.2, -0.15) is 8.42 Å². The van der Waals surface area contributed by atoms with E-state index in [0.717, 1.165) is 5.82 Å². The first-order valence-electron chi connectivity index (χ1n) is 7.82. The molecule has 1 aliphatic rings. The Kier molecular flexibility index (Phi) is 7.26. The lowest BCUT2D eigenvalue weighted by molar-refractivity contribution is -0.190.